The van der Waals surface area contributed by atoms with E-state index >= 15 is 0 Å². The largest absolute Gasteiger partial charge is 0.206 e. The molecule has 1 saturated carbocycles. The number of nitrogens with zero attached hydrogens (tertiary/aromatic N) is 1. The van der Waals surface area contributed by atoms with E-state index in [2.05, 4.69) is 37.0 Å². The molecule has 1 aromatic carbocycles. The molecule has 4 heteroatoms. The maximum absolute atomic E-state index is 13.9. The molecule has 0 aliphatic heterocycles. The Balaban J connectivity index is 1.59. The van der Waals surface area contributed by atoms with E-state index in [1.165, 1.54) is 37.8 Å². The third-order valence-electron chi connectivity index (χ3n) is 5.91. The molecule has 0 saturated heterocycles. The number of thioether (sulfide) groups is 1. The summed E-state index contributed by atoms with van der Waals surface area (Å²) in [7, 11) is 0. The smallest absolute Gasteiger partial charge is 0.142 e. The van der Waals surface area contributed by atoms with E-state index in [-0.39, 0.29) is 4.90 Å². The summed E-state index contributed by atoms with van der Waals surface area (Å²) in [4.78, 5) is -0.267. The fourth-order valence-corrected chi connectivity index (χ4v) is 4.81. The van der Waals surface area contributed by atoms with Crippen LogP contribution < -0.4 is 0 Å². The minimum atomic E-state index is -0.734. The Morgan fingerprint density at radius 2 is 1.75 bits per heavy atom. The highest BCUT2D eigenvalue weighted by molar-refractivity contribution is 8.03. The molecule has 0 heterocycles. The average Bonchev–Trinajstić information content (AvgIpc) is 2.70. The van der Waals surface area contributed by atoms with Gasteiger partial charge >= 0.3 is 0 Å². The van der Waals surface area contributed by atoms with Crippen LogP contribution in [0.3, 0.4) is 0 Å². The lowest BCUT2D eigenvalue weighted by atomic mass is 9.71. The van der Waals surface area contributed by atoms with E-state index in [4.69, 9.17) is 5.26 Å². The number of benzene rings is 1. The van der Waals surface area contributed by atoms with E-state index < -0.39 is 11.6 Å². The van der Waals surface area contributed by atoms with Crippen molar-refractivity contribution < 1.29 is 8.78 Å². The second-order valence-corrected chi connectivity index (χ2v) is 8.47. The minimum absolute atomic E-state index is 0.267. The third-order valence-corrected chi connectivity index (χ3v) is 6.60. The second kappa shape index (κ2) is 9.94. The molecule has 146 valence electrons. The number of allylic oxidation sites excluding steroid dienone is 4. The SMILES string of the molecule is C/C=C/C1CCC(C2CC=C(C#Cc3cc(F)c(SC#N)c(F)c3)CC2)CC1. The summed E-state index contributed by atoms with van der Waals surface area (Å²) < 4.78 is 27.8. The summed E-state index contributed by atoms with van der Waals surface area (Å²) in [5.41, 5.74) is 1.37. The topological polar surface area (TPSA) is 23.8 Å². The van der Waals surface area contributed by atoms with E-state index in [1.807, 2.05) is 0 Å². The van der Waals surface area contributed by atoms with Crippen molar-refractivity contribution in [1.29, 1.82) is 5.26 Å². The first-order valence-electron chi connectivity index (χ1n) is 9.99. The molecule has 0 spiro atoms. The van der Waals surface area contributed by atoms with Gasteiger partial charge in [-0.2, -0.15) is 5.26 Å². The number of hydrogen-bond acceptors (Lipinski definition) is 2. The fraction of sp³-hybridized carbons (Fsp3) is 0.458. The van der Waals surface area contributed by atoms with Crippen molar-refractivity contribution in [1.82, 2.24) is 0 Å². The first kappa shape index (κ1) is 20.7. The molecule has 1 fully saturated rings. The maximum atomic E-state index is 13.9. The minimum Gasteiger partial charge on any atom is -0.206 e. The van der Waals surface area contributed by atoms with Crippen LogP contribution in [-0.2, 0) is 0 Å². The first-order chi connectivity index (χ1) is 13.6. The molecule has 0 aromatic heterocycles. The molecule has 0 radical (unpaired) electrons. The Bertz CT molecular complexity index is 838. The van der Waals surface area contributed by atoms with Crippen molar-refractivity contribution >= 4 is 11.8 Å². The van der Waals surface area contributed by atoms with Gasteiger partial charge in [0.2, 0.25) is 0 Å². The highest BCUT2D eigenvalue weighted by Crippen LogP contribution is 2.39. The van der Waals surface area contributed by atoms with Crippen molar-refractivity contribution in [2.45, 2.75) is 56.8 Å². The number of thiocyanates is 1. The van der Waals surface area contributed by atoms with Crippen molar-refractivity contribution in [2.75, 3.05) is 0 Å². The molecule has 0 bridgehead atoms. The Morgan fingerprint density at radius 1 is 1.04 bits per heavy atom. The van der Waals surface area contributed by atoms with Gasteiger partial charge in [-0.25, -0.2) is 8.78 Å². The Morgan fingerprint density at radius 3 is 2.32 bits per heavy atom. The molecule has 2 aliphatic rings. The summed E-state index contributed by atoms with van der Waals surface area (Å²) in [6.07, 6.45) is 15.1. The van der Waals surface area contributed by atoms with E-state index in [9.17, 15) is 8.78 Å². The molecule has 28 heavy (non-hydrogen) atoms. The molecule has 2 aliphatic carbocycles. The number of nitriles is 1. The van der Waals surface area contributed by atoms with Gasteiger partial charge in [0.25, 0.3) is 0 Å². The summed E-state index contributed by atoms with van der Waals surface area (Å²) in [5.74, 6) is 6.83. The van der Waals surface area contributed by atoms with Crippen LogP contribution in [0.5, 0.6) is 0 Å². The maximum Gasteiger partial charge on any atom is 0.142 e. The van der Waals surface area contributed by atoms with Crippen LogP contribution in [0.15, 0.2) is 40.8 Å². The molecular formula is C24H25F2NS. The third kappa shape index (κ3) is 5.27. The van der Waals surface area contributed by atoms with E-state index in [1.54, 1.807) is 5.40 Å². The predicted molar refractivity (Wildman–Crippen MR) is 110 cm³/mol. The first-order valence-corrected chi connectivity index (χ1v) is 10.8. The summed E-state index contributed by atoms with van der Waals surface area (Å²) in [6.45, 7) is 2.10. The zero-order chi connectivity index (χ0) is 19.9. The number of halogens is 2. The van der Waals surface area contributed by atoms with Crippen LogP contribution in [0.25, 0.3) is 0 Å². The van der Waals surface area contributed by atoms with Crippen molar-refractivity contribution in [3.8, 4) is 17.2 Å². The standard InChI is InChI=1S/C24H25F2NS/c1-2-3-17-6-10-20(11-7-17)21-12-8-18(9-13-21)4-5-19-14-22(25)24(28-16-27)23(26)15-19/h2-3,8,14-15,17,20-21H,6-7,9-13H2,1H3/b3-2+. The van der Waals surface area contributed by atoms with Gasteiger partial charge in [-0.1, -0.05) is 30.1 Å². The predicted octanol–water partition coefficient (Wildman–Crippen LogP) is 7.00. The van der Waals surface area contributed by atoms with Crippen LogP contribution in [0, 0.1) is 51.9 Å². The summed E-state index contributed by atoms with van der Waals surface area (Å²) in [6, 6.07) is 2.40. The number of rotatable bonds is 3. The van der Waals surface area contributed by atoms with Gasteiger partial charge in [0.15, 0.2) is 0 Å². The van der Waals surface area contributed by atoms with Crippen molar-refractivity contribution in [3.63, 3.8) is 0 Å². The van der Waals surface area contributed by atoms with Gasteiger partial charge in [0, 0.05) is 5.56 Å². The monoisotopic (exact) mass is 397 g/mol. The molecule has 0 amide bonds. The molecule has 1 nitrogen and oxygen atoms in total. The average molecular weight is 398 g/mol. The molecule has 1 atom stereocenters. The van der Waals surface area contributed by atoms with Crippen LogP contribution in [0.4, 0.5) is 8.78 Å². The molecule has 0 N–H and O–H groups in total. The van der Waals surface area contributed by atoms with Gasteiger partial charge < -0.3 is 0 Å². The molecule has 1 aromatic rings. The lowest BCUT2D eigenvalue weighted by Gasteiger charge is -2.34. The quantitative estimate of drug-likeness (QED) is 0.237. The zero-order valence-electron chi connectivity index (χ0n) is 16.2. The lowest BCUT2D eigenvalue weighted by molar-refractivity contribution is 0.210. The van der Waals surface area contributed by atoms with Gasteiger partial charge in [0.1, 0.15) is 17.0 Å². The van der Waals surface area contributed by atoms with Crippen LogP contribution >= 0.6 is 11.8 Å². The number of hydrogen-bond donors (Lipinski definition) is 0. The Kier molecular flexibility index (Phi) is 7.35. The fourth-order valence-electron chi connectivity index (χ4n) is 4.40. The highest BCUT2D eigenvalue weighted by Gasteiger charge is 2.27. The zero-order valence-corrected chi connectivity index (χ0v) is 17.0. The summed E-state index contributed by atoms with van der Waals surface area (Å²) >= 11 is 0.492. The summed E-state index contributed by atoms with van der Waals surface area (Å²) in [5, 5.41) is 10.3. The van der Waals surface area contributed by atoms with Crippen molar-refractivity contribution in [3.05, 3.63) is 53.1 Å². The van der Waals surface area contributed by atoms with Crippen LogP contribution in [0.2, 0.25) is 0 Å². The van der Waals surface area contributed by atoms with Crippen LogP contribution in [-0.4, -0.2) is 0 Å². The Hall–Kier alpha value is -2.04. The van der Waals surface area contributed by atoms with E-state index in [0.717, 1.165) is 42.6 Å². The normalized spacial score (nSPS) is 24.9. The van der Waals surface area contributed by atoms with Gasteiger partial charge in [-0.15, -0.1) is 0 Å². The van der Waals surface area contributed by atoms with Gasteiger partial charge in [-0.3, -0.25) is 0 Å². The molecular weight excluding hydrogens is 372 g/mol. The van der Waals surface area contributed by atoms with Crippen LogP contribution in [0.1, 0.15) is 57.4 Å². The molecule has 1 unspecified atom stereocenters. The second-order valence-electron chi connectivity index (χ2n) is 7.68. The van der Waals surface area contributed by atoms with Crippen molar-refractivity contribution in [2.24, 2.45) is 17.8 Å². The van der Waals surface area contributed by atoms with Gasteiger partial charge in [-0.05, 0) is 99.1 Å². The lowest BCUT2D eigenvalue weighted by Crippen LogP contribution is -2.22. The van der Waals surface area contributed by atoms with Gasteiger partial charge in [0.05, 0.1) is 4.90 Å². The highest BCUT2D eigenvalue weighted by atomic mass is 32.2. The van der Waals surface area contributed by atoms with E-state index in [0.29, 0.717) is 17.3 Å². The Labute approximate surface area is 170 Å². The molecule has 3 rings (SSSR count).